The summed E-state index contributed by atoms with van der Waals surface area (Å²) in [5.74, 6) is 1.88. The number of aryl methyl sites for hydroxylation is 1. The van der Waals surface area contributed by atoms with E-state index < -0.39 is 0 Å². The Kier molecular flexibility index (Phi) is 5.39. The van der Waals surface area contributed by atoms with Crippen LogP contribution in [0.25, 0.3) is 0 Å². The van der Waals surface area contributed by atoms with Gasteiger partial charge in [0.05, 0.1) is 5.69 Å². The van der Waals surface area contributed by atoms with Crippen LogP contribution in [0.4, 0.5) is 0 Å². The predicted octanol–water partition coefficient (Wildman–Crippen LogP) is 4.05. The molecule has 92 valence electrons. The van der Waals surface area contributed by atoms with Gasteiger partial charge in [0, 0.05) is 18.0 Å². The number of nitrogens with zero attached hydrogens (tertiary/aromatic N) is 2. The molecule has 0 saturated carbocycles. The van der Waals surface area contributed by atoms with Crippen molar-refractivity contribution in [1.29, 1.82) is 0 Å². The molecule has 0 aliphatic heterocycles. The van der Waals surface area contributed by atoms with Gasteiger partial charge in [0.2, 0.25) is 0 Å². The lowest BCUT2D eigenvalue weighted by Crippen LogP contribution is -2.03. The minimum Gasteiger partial charge on any atom is -0.323 e. The maximum atomic E-state index is 4.66. The van der Waals surface area contributed by atoms with Crippen molar-refractivity contribution in [3.63, 3.8) is 0 Å². The smallest absolute Gasteiger partial charge is 0.168 e. The zero-order valence-electron chi connectivity index (χ0n) is 11.2. The Hall–Kier alpha value is -0.440. The van der Waals surface area contributed by atoms with Crippen LogP contribution in [0.5, 0.6) is 0 Å². The third-order valence-corrected chi connectivity index (χ3v) is 4.11. The van der Waals surface area contributed by atoms with Gasteiger partial charge in [-0.1, -0.05) is 39.0 Å². The van der Waals surface area contributed by atoms with Gasteiger partial charge in [-0.2, -0.15) is 0 Å². The van der Waals surface area contributed by atoms with Gasteiger partial charge < -0.3 is 4.57 Å². The molecule has 0 atom stereocenters. The van der Waals surface area contributed by atoms with E-state index in [0.29, 0.717) is 0 Å². The molecule has 1 aromatic heterocycles. The Morgan fingerprint density at radius 3 is 2.56 bits per heavy atom. The number of hydrogen-bond acceptors (Lipinski definition) is 2. The van der Waals surface area contributed by atoms with Gasteiger partial charge in [-0.3, -0.25) is 0 Å². The molecule has 3 heteroatoms. The van der Waals surface area contributed by atoms with Crippen molar-refractivity contribution in [2.24, 2.45) is 5.92 Å². The summed E-state index contributed by atoms with van der Waals surface area (Å²) in [6.45, 7) is 12.1. The maximum absolute atomic E-state index is 4.66. The van der Waals surface area contributed by atoms with Crippen LogP contribution < -0.4 is 0 Å². The fourth-order valence-electron chi connectivity index (χ4n) is 1.55. The van der Waals surface area contributed by atoms with Crippen LogP contribution in [0.1, 0.15) is 45.0 Å². The molecule has 0 unspecified atom stereocenters. The third kappa shape index (κ3) is 3.55. The standard InChI is InChI=1S/C13H24N2S/c1-6-7-8-15-12(5)11(4)14-13(15)16-9-10(2)3/h10H,6-9H2,1-5H3. The van der Waals surface area contributed by atoms with Crippen LogP contribution >= 0.6 is 11.8 Å². The van der Waals surface area contributed by atoms with Crippen LogP contribution in [0.2, 0.25) is 0 Å². The molecule has 1 rings (SSSR count). The molecule has 2 nitrogen and oxygen atoms in total. The van der Waals surface area contributed by atoms with Crippen LogP contribution in [0.3, 0.4) is 0 Å². The van der Waals surface area contributed by atoms with Crippen molar-refractivity contribution in [2.45, 2.75) is 59.2 Å². The highest BCUT2D eigenvalue weighted by atomic mass is 32.2. The predicted molar refractivity (Wildman–Crippen MR) is 72.2 cm³/mol. The molecule has 0 radical (unpaired) electrons. The summed E-state index contributed by atoms with van der Waals surface area (Å²) in [5.41, 5.74) is 2.52. The van der Waals surface area contributed by atoms with Crippen molar-refractivity contribution >= 4 is 11.8 Å². The minimum atomic E-state index is 0.724. The normalized spacial score (nSPS) is 11.4. The molecule has 0 aromatic carbocycles. The molecule has 16 heavy (non-hydrogen) atoms. The zero-order chi connectivity index (χ0) is 12.1. The van der Waals surface area contributed by atoms with E-state index in [1.165, 1.54) is 29.4 Å². The highest BCUT2D eigenvalue weighted by Gasteiger charge is 2.11. The van der Waals surface area contributed by atoms with Crippen molar-refractivity contribution in [2.75, 3.05) is 5.75 Å². The Morgan fingerprint density at radius 2 is 2.00 bits per heavy atom. The Balaban J connectivity index is 2.77. The van der Waals surface area contributed by atoms with Crippen LogP contribution in [-0.4, -0.2) is 15.3 Å². The van der Waals surface area contributed by atoms with Gasteiger partial charge in [0.1, 0.15) is 0 Å². The van der Waals surface area contributed by atoms with E-state index in [2.05, 4.69) is 44.2 Å². The summed E-state index contributed by atoms with van der Waals surface area (Å²) in [6, 6.07) is 0. The third-order valence-electron chi connectivity index (χ3n) is 2.70. The summed E-state index contributed by atoms with van der Waals surface area (Å²) in [7, 11) is 0. The molecule has 0 amide bonds. The van der Waals surface area contributed by atoms with E-state index in [9.17, 15) is 0 Å². The summed E-state index contributed by atoms with van der Waals surface area (Å²) < 4.78 is 2.38. The number of imidazole rings is 1. The van der Waals surface area contributed by atoms with Crippen LogP contribution in [0.15, 0.2) is 5.16 Å². The largest absolute Gasteiger partial charge is 0.323 e. The minimum absolute atomic E-state index is 0.724. The van der Waals surface area contributed by atoms with Crippen molar-refractivity contribution in [3.8, 4) is 0 Å². The van der Waals surface area contributed by atoms with Gasteiger partial charge in [0.15, 0.2) is 5.16 Å². The van der Waals surface area contributed by atoms with Gasteiger partial charge in [-0.25, -0.2) is 4.98 Å². The highest BCUT2D eigenvalue weighted by molar-refractivity contribution is 7.99. The summed E-state index contributed by atoms with van der Waals surface area (Å²) in [4.78, 5) is 4.66. The molecule has 1 aromatic rings. The quantitative estimate of drug-likeness (QED) is 0.698. The molecule has 0 saturated heterocycles. The lowest BCUT2D eigenvalue weighted by Gasteiger charge is -2.09. The number of thioether (sulfide) groups is 1. The Bertz CT molecular complexity index is 329. The Labute approximate surface area is 104 Å². The number of rotatable bonds is 6. The number of unbranched alkanes of at least 4 members (excludes halogenated alkanes) is 1. The lowest BCUT2D eigenvalue weighted by molar-refractivity contribution is 0.574. The Morgan fingerprint density at radius 1 is 1.31 bits per heavy atom. The van der Waals surface area contributed by atoms with E-state index in [1.54, 1.807) is 0 Å². The second-order valence-corrected chi connectivity index (χ2v) is 5.76. The fourth-order valence-corrected chi connectivity index (χ4v) is 2.62. The highest BCUT2D eigenvalue weighted by Crippen LogP contribution is 2.23. The average Bonchev–Trinajstić information content (AvgIpc) is 2.50. The first-order valence-electron chi connectivity index (χ1n) is 6.22. The molecule has 0 aliphatic carbocycles. The van der Waals surface area contributed by atoms with E-state index in [-0.39, 0.29) is 0 Å². The summed E-state index contributed by atoms with van der Waals surface area (Å²) in [6.07, 6.45) is 2.48. The topological polar surface area (TPSA) is 17.8 Å². The lowest BCUT2D eigenvalue weighted by atomic mass is 10.3. The SMILES string of the molecule is CCCCn1c(SCC(C)C)nc(C)c1C. The van der Waals surface area contributed by atoms with Gasteiger partial charge in [-0.05, 0) is 26.2 Å². The zero-order valence-corrected chi connectivity index (χ0v) is 12.0. The first kappa shape index (κ1) is 13.6. The first-order valence-corrected chi connectivity index (χ1v) is 7.21. The summed E-state index contributed by atoms with van der Waals surface area (Å²) in [5, 5.41) is 1.21. The van der Waals surface area contributed by atoms with E-state index in [4.69, 9.17) is 0 Å². The van der Waals surface area contributed by atoms with Gasteiger partial charge >= 0.3 is 0 Å². The molecule has 0 N–H and O–H groups in total. The van der Waals surface area contributed by atoms with Gasteiger partial charge in [0.25, 0.3) is 0 Å². The van der Waals surface area contributed by atoms with Crippen LogP contribution in [-0.2, 0) is 6.54 Å². The van der Waals surface area contributed by atoms with E-state index in [1.807, 2.05) is 11.8 Å². The molecule has 0 fully saturated rings. The molecular weight excluding hydrogens is 216 g/mol. The fraction of sp³-hybridized carbons (Fsp3) is 0.769. The number of aromatic nitrogens is 2. The maximum Gasteiger partial charge on any atom is 0.168 e. The van der Waals surface area contributed by atoms with E-state index in [0.717, 1.165) is 18.2 Å². The molecule has 1 heterocycles. The molecule has 0 bridgehead atoms. The molecule has 0 aliphatic rings. The monoisotopic (exact) mass is 240 g/mol. The average molecular weight is 240 g/mol. The second kappa shape index (κ2) is 6.33. The van der Waals surface area contributed by atoms with Gasteiger partial charge in [-0.15, -0.1) is 0 Å². The van der Waals surface area contributed by atoms with Crippen molar-refractivity contribution < 1.29 is 0 Å². The van der Waals surface area contributed by atoms with E-state index >= 15 is 0 Å². The first-order chi connectivity index (χ1) is 7.56. The molecule has 0 spiro atoms. The summed E-state index contributed by atoms with van der Waals surface area (Å²) >= 11 is 1.89. The van der Waals surface area contributed by atoms with Crippen LogP contribution in [0, 0.1) is 19.8 Å². The number of hydrogen-bond donors (Lipinski definition) is 0. The second-order valence-electron chi connectivity index (χ2n) is 4.78. The van der Waals surface area contributed by atoms with Crippen molar-refractivity contribution in [1.82, 2.24) is 9.55 Å². The molecular formula is C13H24N2S. The van der Waals surface area contributed by atoms with Crippen molar-refractivity contribution in [3.05, 3.63) is 11.4 Å².